The third kappa shape index (κ3) is 1.83. The van der Waals surface area contributed by atoms with E-state index in [0.717, 1.165) is 24.8 Å². The SMILES string of the molecule is C=C1CC(C)C(C(=O)N2CCCC2=O)C1. The fourth-order valence-electron chi connectivity index (χ4n) is 2.61. The second-order valence-electron chi connectivity index (χ2n) is 4.73. The topological polar surface area (TPSA) is 37.4 Å². The monoisotopic (exact) mass is 207 g/mol. The lowest BCUT2D eigenvalue weighted by atomic mass is 9.97. The largest absolute Gasteiger partial charge is 0.282 e. The van der Waals surface area contributed by atoms with Gasteiger partial charge >= 0.3 is 0 Å². The first-order chi connectivity index (χ1) is 7.09. The molecule has 0 aromatic heterocycles. The van der Waals surface area contributed by atoms with Crippen molar-refractivity contribution in [2.75, 3.05) is 6.54 Å². The normalized spacial score (nSPS) is 31.4. The second-order valence-corrected chi connectivity index (χ2v) is 4.73. The Morgan fingerprint density at radius 2 is 2.20 bits per heavy atom. The number of carbonyl (C=O) groups is 2. The molecule has 1 aliphatic heterocycles. The van der Waals surface area contributed by atoms with Gasteiger partial charge in [0.25, 0.3) is 0 Å². The maximum absolute atomic E-state index is 12.1. The van der Waals surface area contributed by atoms with Crippen molar-refractivity contribution in [3.63, 3.8) is 0 Å². The molecule has 0 aromatic rings. The Hall–Kier alpha value is -1.12. The first kappa shape index (κ1) is 10.4. The summed E-state index contributed by atoms with van der Waals surface area (Å²) in [5.41, 5.74) is 1.15. The van der Waals surface area contributed by atoms with E-state index in [0.29, 0.717) is 18.9 Å². The fraction of sp³-hybridized carbons (Fsp3) is 0.667. The van der Waals surface area contributed by atoms with E-state index in [2.05, 4.69) is 13.5 Å². The first-order valence-corrected chi connectivity index (χ1v) is 5.60. The summed E-state index contributed by atoms with van der Waals surface area (Å²) in [5, 5.41) is 0. The van der Waals surface area contributed by atoms with Crippen LogP contribution in [0.25, 0.3) is 0 Å². The Labute approximate surface area is 90.1 Å². The van der Waals surface area contributed by atoms with Crippen molar-refractivity contribution in [2.45, 2.75) is 32.6 Å². The average Bonchev–Trinajstić information content (AvgIpc) is 2.71. The molecule has 82 valence electrons. The number of allylic oxidation sites excluding steroid dienone is 1. The Kier molecular flexibility index (Phi) is 2.63. The summed E-state index contributed by atoms with van der Waals surface area (Å²) in [6.45, 7) is 6.62. The molecule has 1 heterocycles. The predicted molar refractivity (Wildman–Crippen MR) is 57.0 cm³/mol. The lowest BCUT2D eigenvalue weighted by molar-refractivity contribution is -0.145. The molecule has 3 heteroatoms. The van der Waals surface area contributed by atoms with Gasteiger partial charge in [-0.1, -0.05) is 19.1 Å². The highest BCUT2D eigenvalue weighted by atomic mass is 16.2. The van der Waals surface area contributed by atoms with Crippen LogP contribution in [0.4, 0.5) is 0 Å². The van der Waals surface area contributed by atoms with Crippen LogP contribution in [0.2, 0.25) is 0 Å². The molecule has 3 nitrogen and oxygen atoms in total. The van der Waals surface area contributed by atoms with Crippen molar-refractivity contribution in [2.24, 2.45) is 11.8 Å². The van der Waals surface area contributed by atoms with Crippen molar-refractivity contribution < 1.29 is 9.59 Å². The standard InChI is InChI=1S/C12H17NO2/c1-8-6-9(2)10(7-8)12(15)13-5-3-4-11(13)14/h9-10H,1,3-7H2,2H3. The highest BCUT2D eigenvalue weighted by molar-refractivity contribution is 5.98. The van der Waals surface area contributed by atoms with Gasteiger partial charge in [0.15, 0.2) is 0 Å². The third-order valence-electron chi connectivity index (χ3n) is 3.46. The van der Waals surface area contributed by atoms with Gasteiger partial charge in [-0.2, -0.15) is 0 Å². The molecular weight excluding hydrogens is 190 g/mol. The summed E-state index contributed by atoms with van der Waals surface area (Å²) < 4.78 is 0. The summed E-state index contributed by atoms with van der Waals surface area (Å²) in [4.78, 5) is 25.0. The van der Waals surface area contributed by atoms with Crippen molar-refractivity contribution >= 4 is 11.8 Å². The molecule has 2 aliphatic rings. The van der Waals surface area contributed by atoms with Gasteiger partial charge in [0.2, 0.25) is 11.8 Å². The van der Waals surface area contributed by atoms with E-state index >= 15 is 0 Å². The van der Waals surface area contributed by atoms with Crippen LogP contribution in [0.15, 0.2) is 12.2 Å². The zero-order valence-corrected chi connectivity index (χ0v) is 9.16. The van der Waals surface area contributed by atoms with Crippen molar-refractivity contribution in [3.05, 3.63) is 12.2 Å². The van der Waals surface area contributed by atoms with Crippen molar-refractivity contribution in [3.8, 4) is 0 Å². The molecule has 15 heavy (non-hydrogen) atoms. The number of hydrogen-bond acceptors (Lipinski definition) is 2. The van der Waals surface area contributed by atoms with E-state index in [4.69, 9.17) is 0 Å². The highest BCUT2D eigenvalue weighted by Crippen LogP contribution is 2.36. The van der Waals surface area contributed by atoms with E-state index in [1.807, 2.05) is 0 Å². The predicted octanol–water partition coefficient (Wildman–Crippen LogP) is 1.74. The van der Waals surface area contributed by atoms with Crippen LogP contribution in [-0.2, 0) is 9.59 Å². The molecule has 0 radical (unpaired) electrons. The fourth-order valence-corrected chi connectivity index (χ4v) is 2.61. The number of hydrogen-bond donors (Lipinski definition) is 0. The van der Waals surface area contributed by atoms with E-state index in [-0.39, 0.29) is 17.7 Å². The zero-order chi connectivity index (χ0) is 11.0. The van der Waals surface area contributed by atoms with E-state index in [1.165, 1.54) is 4.90 Å². The van der Waals surface area contributed by atoms with Crippen molar-refractivity contribution in [1.29, 1.82) is 0 Å². The molecule has 0 bridgehead atoms. The maximum atomic E-state index is 12.1. The molecule has 2 rings (SSSR count). The molecular formula is C12H17NO2. The molecule has 1 saturated heterocycles. The number of amides is 2. The number of carbonyl (C=O) groups excluding carboxylic acids is 2. The van der Waals surface area contributed by atoms with Crippen LogP contribution in [0.3, 0.4) is 0 Å². The molecule has 0 aromatic carbocycles. The van der Waals surface area contributed by atoms with Crippen LogP contribution < -0.4 is 0 Å². The van der Waals surface area contributed by atoms with E-state index in [1.54, 1.807) is 0 Å². The lowest BCUT2D eigenvalue weighted by Gasteiger charge is -2.20. The molecule has 1 saturated carbocycles. The minimum atomic E-state index is -0.000417. The van der Waals surface area contributed by atoms with Gasteiger partial charge in [-0.05, 0) is 25.2 Å². The molecule has 2 amide bonds. The first-order valence-electron chi connectivity index (χ1n) is 5.60. The Balaban J connectivity index is 2.07. The van der Waals surface area contributed by atoms with Gasteiger partial charge in [-0.25, -0.2) is 0 Å². The quantitative estimate of drug-likeness (QED) is 0.485. The Morgan fingerprint density at radius 3 is 2.67 bits per heavy atom. The maximum Gasteiger partial charge on any atom is 0.232 e. The summed E-state index contributed by atoms with van der Waals surface area (Å²) >= 11 is 0. The lowest BCUT2D eigenvalue weighted by Crippen LogP contribution is -2.37. The number of likely N-dealkylation sites (tertiary alicyclic amines) is 1. The molecule has 2 unspecified atom stereocenters. The van der Waals surface area contributed by atoms with Crippen LogP contribution in [-0.4, -0.2) is 23.3 Å². The zero-order valence-electron chi connectivity index (χ0n) is 9.16. The van der Waals surface area contributed by atoms with Crippen LogP contribution in [0.5, 0.6) is 0 Å². The number of imide groups is 1. The van der Waals surface area contributed by atoms with E-state index in [9.17, 15) is 9.59 Å². The molecule has 0 N–H and O–H groups in total. The van der Waals surface area contributed by atoms with Crippen LogP contribution >= 0.6 is 0 Å². The van der Waals surface area contributed by atoms with Gasteiger partial charge in [-0.15, -0.1) is 0 Å². The van der Waals surface area contributed by atoms with Crippen LogP contribution in [0, 0.1) is 11.8 Å². The van der Waals surface area contributed by atoms with Gasteiger partial charge in [-0.3, -0.25) is 14.5 Å². The smallest absolute Gasteiger partial charge is 0.232 e. The molecule has 2 atom stereocenters. The average molecular weight is 207 g/mol. The Morgan fingerprint density at radius 1 is 1.47 bits per heavy atom. The van der Waals surface area contributed by atoms with Gasteiger partial charge < -0.3 is 0 Å². The highest BCUT2D eigenvalue weighted by Gasteiger charge is 2.37. The summed E-state index contributed by atoms with van der Waals surface area (Å²) in [7, 11) is 0. The minimum Gasteiger partial charge on any atom is -0.282 e. The number of rotatable bonds is 1. The van der Waals surface area contributed by atoms with Gasteiger partial charge in [0.05, 0.1) is 0 Å². The van der Waals surface area contributed by atoms with Gasteiger partial charge in [0.1, 0.15) is 0 Å². The minimum absolute atomic E-state index is 0.000417. The molecule has 0 spiro atoms. The summed E-state index contributed by atoms with van der Waals surface area (Å²) in [6, 6.07) is 0. The third-order valence-corrected chi connectivity index (χ3v) is 3.46. The van der Waals surface area contributed by atoms with Crippen LogP contribution in [0.1, 0.15) is 32.6 Å². The summed E-state index contributed by atoms with van der Waals surface area (Å²) in [6.07, 6.45) is 3.06. The molecule has 1 aliphatic carbocycles. The Bertz CT molecular complexity index is 322. The van der Waals surface area contributed by atoms with Crippen molar-refractivity contribution in [1.82, 2.24) is 4.90 Å². The molecule has 2 fully saturated rings. The summed E-state index contributed by atoms with van der Waals surface area (Å²) in [5.74, 6) is 0.381. The second kappa shape index (κ2) is 3.80. The number of nitrogens with zero attached hydrogens (tertiary/aromatic N) is 1. The van der Waals surface area contributed by atoms with Gasteiger partial charge in [0, 0.05) is 18.9 Å². The van der Waals surface area contributed by atoms with E-state index < -0.39 is 0 Å².